The molecule has 0 saturated carbocycles. The third-order valence-electron chi connectivity index (χ3n) is 2.82. The van der Waals surface area contributed by atoms with Gasteiger partial charge in [0.2, 0.25) is 0 Å². The molecule has 0 radical (unpaired) electrons. The molecule has 3 N–H and O–H groups in total. The molecule has 0 bridgehead atoms. The number of nitrogens with one attached hydrogen (secondary N) is 1. The van der Waals surface area contributed by atoms with E-state index in [1.165, 1.54) is 13.0 Å². The highest BCUT2D eigenvalue weighted by molar-refractivity contribution is 5.76. The molecule has 0 aliphatic carbocycles. The molecule has 5 nitrogen and oxygen atoms in total. The zero-order chi connectivity index (χ0) is 17.6. The molecular formula is C18H25NO4. The van der Waals surface area contributed by atoms with E-state index in [4.69, 9.17) is 4.74 Å². The first-order valence-corrected chi connectivity index (χ1v) is 7.42. The summed E-state index contributed by atoms with van der Waals surface area (Å²) in [5.74, 6) is 0.210. The Hall–Kier alpha value is -2.43. The van der Waals surface area contributed by atoms with E-state index in [1.807, 2.05) is 24.3 Å². The second-order valence-electron chi connectivity index (χ2n) is 6.34. The van der Waals surface area contributed by atoms with Crippen LogP contribution in [0.1, 0.15) is 45.7 Å². The van der Waals surface area contributed by atoms with Crippen LogP contribution in [0, 0.1) is 0 Å². The Balaban J connectivity index is 2.87. The second-order valence-corrected chi connectivity index (χ2v) is 6.34. The molecule has 0 aromatic heterocycles. The Morgan fingerprint density at radius 1 is 1.26 bits per heavy atom. The first kappa shape index (κ1) is 18.6. The van der Waals surface area contributed by atoms with Crippen molar-refractivity contribution in [1.29, 1.82) is 0 Å². The normalized spacial score (nSPS) is 13.3. The number of allylic oxidation sites excluding steroid dienone is 4. The molecule has 0 heterocycles. The van der Waals surface area contributed by atoms with Gasteiger partial charge in [0, 0.05) is 12.1 Å². The molecule has 0 aliphatic heterocycles. The van der Waals surface area contributed by atoms with Crippen LogP contribution in [0.25, 0.3) is 5.57 Å². The third-order valence-corrected chi connectivity index (χ3v) is 2.82. The molecule has 5 heteroatoms. The van der Waals surface area contributed by atoms with Gasteiger partial charge in [-0.1, -0.05) is 18.2 Å². The molecule has 0 spiro atoms. The van der Waals surface area contributed by atoms with Gasteiger partial charge in [0.05, 0.1) is 11.5 Å². The standard InChI is InChI=1S/C18H25NO4/c1-12(20)9-16(13(2)21)15-8-6-7-14(10-15)11-19-17(22)23-18(3,4)5/h6-10,20-21H,11H2,1-5H3,(H,19,22)/b12-9+,16-13-. The Morgan fingerprint density at radius 2 is 1.91 bits per heavy atom. The SMILES string of the molecule is C/C(O)=C(\C=C(/C)O)c1cccc(CNC(=O)OC(C)(C)C)c1. The minimum absolute atomic E-state index is 0.102. The molecule has 1 aromatic rings. The molecule has 0 atom stereocenters. The van der Waals surface area contributed by atoms with Crippen molar-refractivity contribution in [3.8, 4) is 0 Å². The summed E-state index contributed by atoms with van der Waals surface area (Å²) < 4.78 is 5.19. The fourth-order valence-corrected chi connectivity index (χ4v) is 1.94. The van der Waals surface area contributed by atoms with E-state index in [2.05, 4.69) is 5.32 Å². The first-order valence-electron chi connectivity index (χ1n) is 7.42. The van der Waals surface area contributed by atoms with Crippen molar-refractivity contribution in [3.05, 3.63) is 53.0 Å². The lowest BCUT2D eigenvalue weighted by Gasteiger charge is -2.19. The van der Waals surface area contributed by atoms with E-state index in [9.17, 15) is 15.0 Å². The minimum atomic E-state index is -0.542. The number of hydrogen-bond acceptors (Lipinski definition) is 4. The van der Waals surface area contributed by atoms with Crippen molar-refractivity contribution in [3.63, 3.8) is 0 Å². The highest BCUT2D eigenvalue weighted by Gasteiger charge is 2.15. The molecule has 126 valence electrons. The maximum Gasteiger partial charge on any atom is 0.407 e. The van der Waals surface area contributed by atoms with Gasteiger partial charge in [-0.15, -0.1) is 0 Å². The smallest absolute Gasteiger partial charge is 0.407 e. The summed E-state index contributed by atoms with van der Waals surface area (Å²) in [6, 6.07) is 7.35. The number of hydrogen-bond donors (Lipinski definition) is 3. The number of carbonyl (C=O) groups is 1. The van der Waals surface area contributed by atoms with Crippen LogP contribution in [0.2, 0.25) is 0 Å². The quantitative estimate of drug-likeness (QED) is 0.565. The highest BCUT2D eigenvalue weighted by Crippen LogP contribution is 2.21. The molecule has 0 unspecified atom stereocenters. The Morgan fingerprint density at radius 3 is 2.43 bits per heavy atom. The second kappa shape index (κ2) is 7.72. The number of alkyl carbamates (subject to hydrolysis) is 1. The van der Waals surface area contributed by atoms with Gasteiger partial charge in [-0.3, -0.25) is 0 Å². The maximum atomic E-state index is 11.7. The largest absolute Gasteiger partial charge is 0.513 e. The van der Waals surface area contributed by atoms with Crippen molar-refractivity contribution in [2.75, 3.05) is 0 Å². The summed E-state index contributed by atoms with van der Waals surface area (Å²) >= 11 is 0. The fraction of sp³-hybridized carbons (Fsp3) is 0.389. The van der Waals surface area contributed by atoms with Crippen LogP contribution in [0.15, 0.2) is 41.9 Å². The average Bonchev–Trinajstić information content (AvgIpc) is 2.40. The number of amides is 1. The van der Waals surface area contributed by atoms with E-state index < -0.39 is 11.7 Å². The lowest BCUT2D eigenvalue weighted by atomic mass is 10.0. The van der Waals surface area contributed by atoms with Crippen molar-refractivity contribution < 1.29 is 19.7 Å². The van der Waals surface area contributed by atoms with E-state index in [0.29, 0.717) is 12.1 Å². The Kier molecular flexibility index (Phi) is 6.25. The van der Waals surface area contributed by atoms with Gasteiger partial charge in [0.1, 0.15) is 5.60 Å². The first-order chi connectivity index (χ1) is 10.6. The molecule has 1 amide bonds. The lowest BCUT2D eigenvalue weighted by Crippen LogP contribution is -2.32. The topological polar surface area (TPSA) is 78.8 Å². The molecule has 1 aromatic carbocycles. The van der Waals surface area contributed by atoms with Gasteiger partial charge in [-0.25, -0.2) is 4.79 Å². The number of carbonyl (C=O) groups excluding carboxylic acids is 1. The number of aliphatic hydroxyl groups is 2. The van der Waals surface area contributed by atoms with Crippen LogP contribution in [-0.2, 0) is 11.3 Å². The number of benzene rings is 1. The number of ether oxygens (including phenoxy) is 1. The molecule has 0 fully saturated rings. The van der Waals surface area contributed by atoms with Crippen LogP contribution in [-0.4, -0.2) is 21.9 Å². The van der Waals surface area contributed by atoms with Crippen LogP contribution in [0.4, 0.5) is 4.79 Å². The van der Waals surface area contributed by atoms with E-state index in [1.54, 1.807) is 27.7 Å². The van der Waals surface area contributed by atoms with Crippen LogP contribution < -0.4 is 5.32 Å². The maximum absolute atomic E-state index is 11.7. The Labute approximate surface area is 137 Å². The third kappa shape index (κ3) is 6.91. The Bertz CT molecular complexity index is 616. The summed E-state index contributed by atoms with van der Waals surface area (Å²) in [7, 11) is 0. The summed E-state index contributed by atoms with van der Waals surface area (Å²) in [5.41, 5.74) is 1.60. The van der Waals surface area contributed by atoms with Crippen LogP contribution in [0.3, 0.4) is 0 Å². The van der Waals surface area contributed by atoms with Gasteiger partial charge in [-0.2, -0.15) is 0 Å². The number of aliphatic hydroxyl groups excluding tert-OH is 2. The fourth-order valence-electron chi connectivity index (χ4n) is 1.94. The van der Waals surface area contributed by atoms with E-state index >= 15 is 0 Å². The van der Waals surface area contributed by atoms with Crippen molar-refractivity contribution in [2.24, 2.45) is 0 Å². The van der Waals surface area contributed by atoms with Crippen molar-refractivity contribution in [2.45, 2.75) is 46.8 Å². The van der Waals surface area contributed by atoms with Gasteiger partial charge in [-0.05, 0) is 57.9 Å². The van der Waals surface area contributed by atoms with Gasteiger partial charge in [0.15, 0.2) is 0 Å². The molecule has 0 aliphatic rings. The zero-order valence-corrected chi connectivity index (χ0v) is 14.3. The zero-order valence-electron chi connectivity index (χ0n) is 14.3. The summed E-state index contributed by atoms with van der Waals surface area (Å²) in [6.07, 6.45) is 1.01. The molecule has 23 heavy (non-hydrogen) atoms. The van der Waals surface area contributed by atoms with Crippen molar-refractivity contribution >= 4 is 11.7 Å². The summed E-state index contributed by atoms with van der Waals surface area (Å²) in [6.45, 7) is 8.81. The minimum Gasteiger partial charge on any atom is -0.513 e. The lowest BCUT2D eigenvalue weighted by molar-refractivity contribution is 0.0523. The molecule has 0 saturated heterocycles. The average molecular weight is 319 g/mol. The van der Waals surface area contributed by atoms with E-state index in [0.717, 1.165) is 11.1 Å². The van der Waals surface area contributed by atoms with Gasteiger partial charge in [0.25, 0.3) is 0 Å². The van der Waals surface area contributed by atoms with Crippen LogP contribution in [0.5, 0.6) is 0 Å². The van der Waals surface area contributed by atoms with Gasteiger partial charge >= 0.3 is 6.09 Å². The van der Waals surface area contributed by atoms with Gasteiger partial charge < -0.3 is 20.3 Å². The molecular weight excluding hydrogens is 294 g/mol. The molecule has 1 rings (SSSR count). The monoisotopic (exact) mass is 319 g/mol. The van der Waals surface area contributed by atoms with E-state index in [-0.39, 0.29) is 11.5 Å². The van der Waals surface area contributed by atoms with Crippen LogP contribution >= 0.6 is 0 Å². The highest BCUT2D eigenvalue weighted by atomic mass is 16.6. The predicted molar refractivity (Wildman–Crippen MR) is 91.1 cm³/mol. The predicted octanol–water partition coefficient (Wildman–Crippen LogP) is 4.46. The number of rotatable bonds is 4. The summed E-state index contributed by atoms with van der Waals surface area (Å²) in [4.78, 5) is 11.7. The van der Waals surface area contributed by atoms with Crippen molar-refractivity contribution in [1.82, 2.24) is 5.32 Å². The summed E-state index contributed by atoms with van der Waals surface area (Å²) in [5, 5.41) is 21.9.